The molecule has 2 nitrogen and oxygen atoms in total. The van der Waals surface area contributed by atoms with Crippen LogP contribution in [0.4, 0.5) is 0 Å². The molecule has 4 radical (unpaired) electrons. The van der Waals surface area contributed by atoms with Crippen molar-refractivity contribution in [2.24, 2.45) is 0 Å². The van der Waals surface area contributed by atoms with E-state index in [1.807, 2.05) is 0 Å². The van der Waals surface area contributed by atoms with Crippen LogP contribution in [-0.2, 0) is 0 Å². The molecule has 0 bridgehead atoms. The summed E-state index contributed by atoms with van der Waals surface area (Å²) in [6, 6.07) is 0. The van der Waals surface area contributed by atoms with Crippen molar-refractivity contribution in [2.75, 3.05) is 0 Å². The van der Waals surface area contributed by atoms with Gasteiger partial charge in [-0.05, 0) is 0 Å². The normalized spacial score (nSPS) is 3.60. The maximum absolute atomic E-state index is 7.14. The summed E-state index contributed by atoms with van der Waals surface area (Å²) in [6.07, 6.45) is 0. The molecule has 0 aliphatic carbocycles. The predicted octanol–water partition coefficient (Wildman–Crippen LogP) is -3.86. The fourth-order valence-electron chi connectivity index (χ4n) is 0. The molecule has 0 fully saturated rings. The van der Waals surface area contributed by atoms with Gasteiger partial charge in [-0.2, -0.15) is 0 Å². The summed E-state index contributed by atoms with van der Waals surface area (Å²) < 4.78 is 0. The van der Waals surface area contributed by atoms with Gasteiger partial charge in [-0.1, -0.05) is 0 Å². The second-order valence-electron chi connectivity index (χ2n) is 0. The first-order valence-corrected chi connectivity index (χ1v) is 2.68. The first-order valence-electron chi connectivity index (χ1n) is 0.894. The molecule has 0 saturated carbocycles. The van der Waals surface area contributed by atoms with Gasteiger partial charge >= 0.3 is 0 Å². The zero-order valence-corrected chi connectivity index (χ0v) is 10.2. The van der Waals surface area contributed by atoms with Crippen LogP contribution in [0.5, 0.6) is 0 Å². The minimum atomic E-state index is 0. The second-order valence-corrected chi connectivity index (χ2v) is 0. The van der Waals surface area contributed by atoms with Crippen LogP contribution >= 0.6 is 0 Å². The molecule has 0 aromatic heterocycles. The van der Waals surface area contributed by atoms with E-state index >= 15 is 0 Å². The van der Waals surface area contributed by atoms with Crippen LogP contribution in [0.3, 0.4) is 0 Å². The van der Waals surface area contributed by atoms with Gasteiger partial charge < -0.3 is 9.59 Å². The fraction of sp³-hybridized carbons (Fsp3) is 0. The molecule has 0 amide bonds. The Hall–Kier alpha value is 1.15. The SMILES string of the molecule is O[SiH3].O[SiH3].[Sn]. The van der Waals surface area contributed by atoms with Crippen LogP contribution in [0.25, 0.3) is 0 Å². The summed E-state index contributed by atoms with van der Waals surface area (Å²) in [6.45, 7) is 0. The summed E-state index contributed by atoms with van der Waals surface area (Å²) in [7, 11) is 0.611. The van der Waals surface area contributed by atoms with E-state index in [0.29, 0.717) is 21.0 Å². The van der Waals surface area contributed by atoms with E-state index in [9.17, 15) is 0 Å². The first-order chi connectivity index (χ1) is 2.00. The van der Waals surface area contributed by atoms with Crippen LogP contribution in [0.2, 0.25) is 0 Å². The molecule has 2 N–H and O–H groups in total. The van der Waals surface area contributed by atoms with Gasteiger partial charge in [-0.3, -0.25) is 0 Å². The minimum absolute atomic E-state index is 0. The summed E-state index contributed by atoms with van der Waals surface area (Å²) in [4.78, 5) is 14.3. The van der Waals surface area contributed by atoms with Gasteiger partial charge in [0.2, 0.25) is 0 Å². The Morgan fingerprint density at radius 3 is 0.800 bits per heavy atom. The first kappa shape index (κ1) is 16.4. The van der Waals surface area contributed by atoms with Gasteiger partial charge in [-0.25, -0.2) is 0 Å². The Labute approximate surface area is 54.6 Å². The quantitative estimate of drug-likeness (QED) is 0.406. The third kappa shape index (κ3) is 38.6. The van der Waals surface area contributed by atoms with Crippen LogP contribution < -0.4 is 0 Å². The summed E-state index contributed by atoms with van der Waals surface area (Å²) in [5.41, 5.74) is 0. The third-order valence-corrected chi connectivity index (χ3v) is 0. The van der Waals surface area contributed by atoms with Crippen LogP contribution in [0.15, 0.2) is 0 Å². The van der Waals surface area contributed by atoms with E-state index in [0.717, 1.165) is 0 Å². The average Bonchev–Trinajstić information content (AvgIpc) is 1.50. The Balaban J connectivity index is -0.0000000133. The molecule has 0 saturated heterocycles. The van der Waals surface area contributed by atoms with Gasteiger partial charge in [-0.15, -0.1) is 0 Å². The zero-order valence-electron chi connectivity index (χ0n) is 3.39. The van der Waals surface area contributed by atoms with E-state index in [-0.39, 0.29) is 23.9 Å². The monoisotopic (exact) mass is 216 g/mol. The molecule has 0 spiro atoms. The van der Waals surface area contributed by atoms with Gasteiger partial charge in [0.25, 0.3) is 0 Å². The molecule has 0 aromatic carbocycles. The molecule has 0 unspecified atom stereocenters. The van der Waals surface area contributed by atoms with E-state index in [2.05, 4.69) is 0 Å². The molecule has 5 heteroatoms. The maximum atomic E-state index is 7.14. The van der Waals surface area contributed by atoms with Crippen LogP contribution in [-0.4, -0.2) is 54.5 Å². The van der Waals surface area contributed by atoms with Crippen molar-refractivity contribution in [3.8, 4) is 0 Å². The van der Waals surface area contributed by atoms with E-state index in [4.69, 9.17) is 9.59 Å². The van der Waals surface area contributed by atoms with Crippen LogP contribution in [0, 0.1) is 0 Å². The summed E-state index contributed by atoms with van der Waals surface area (Å²) in [5.74, 6) is 0. The second kappa shape index (κ2) is 66.9. The maximum Gasteiger partial charge on any atom is 0.141 e. The van der Waals surface area contributed by atoms with Crippen molar-refractivity contribution in [1.29, 1.82) is 0 Å². The zero-order chi connectivity index (χ0) is 4.00. The Bertz CT molecular complexity index is 7.61. The largest absolute Gasteiger partial charge is 0.442 e. The Morgan fingerprint density at radius 1 is 0.800 bits per heavy atom. The topological polar surface area (TPSA) is 40.5 Å². The molecule has 0 heterocycles. The van der Waals surface area contributed by atoms with Crippen molar-refractivity contribution in [3.05, 3.63) is 0 Å². The van der Waals surface area contributed by atoms with Gasteiger partial charge in [0.05, 0.1) is 0 Å². The molecular weight excluding hydrogens is 207 g/mol. The molecular formula is H8O2Si2Sn. The third-order valence-electron chi connectivity index (χ3n) is 0. The Morgan fingerprint density at radius 2 is 0.800 bits per heavy atom. The fourth-order valence-corrected chi connectivity index (χ4v) is 0. The van der Waals surface area contributed by atoms with Crippen molar-refractivity contribution in [3.63, 3.8) is 0 Å². The van der Waals surface area contributed by atoms with Gasteiger partial charge in [0.1, 0.15) is 21.0 Å². The molecule has 0 atom stereocenters. The van der Waals surface area contributed by atoms with Crippen molar-refractivity contribution in [1.82, 2.24) is 0 Å². The summed E-state index contributed by atoms with van der Waals surface area (Å²) in [5, 5.41) is 0. The van der Waals surface area contributed by atoms with Gasteiger partial charge in [0.15, 0.2) is 0 Å². The van der Waals surface area contributed by atoms with E-state index in [1.54, 1.807) is 0 Å². The van der Waals surface area contributed by atoms with Crippen molar-refractivity contribution in [2.45, 2.75) is 0 Å². The van der Waals surface area contributed by atoms with Crippen LogP contribution in [0.1, 0.15) is 0 Å². The summed E-state index contributed by atoms with van der Waals surface area (Å²) >= 11 is 0. The van der Waals surface area contributed by atoms with Crippen molar-refractivity contribution < 1.29 is 9.59 Å². The standard InChI is InChI=1S/2H4OSi.Sn/c2*1-2;/h2*1H,2H3;. The number of hydrogen-bond acceptors (Lipinski definition) is 2. The van der Waals surface area contributed by atoms with Crippen molar-refractivity contribution >= 4 is 44.9 Å². The molecule has 32 valence electrons. The molecule has 0 aliphatic heterocycles. The average molecular weight is 215 g/mol. The molecule has 5 heavy (non-hydrogen) atoms. The Kier molecular flexibility index (Phi) is 220. The number of hydrogen-bond donors (Lipinski definition) is 2. The molecule has 0 aromatic rings. The number of rotatable bonds is 0. The smallest absolute Gasteiger partial charge is 0.141 e. The predicted molar refractivity (Wildman–Crippen MR) is 30.1 cm³/mol. The molecule has 0 aliphatic rings. The van der Waals surface area contributed by atoms with Gasteiger partial charge in [0, 0.05) is 23.9 Å². The van der Waals surface area contributed by atoms with E-state index < -0.39 is 0 Å². The van der Waals surface area contributed by atoms with E-state index in [1.165, 1.54) is 0 Å². The molecule has 0 rings (SSSR count). The minimum Gasteiger partial charge on any atom is -0.442 e.